The first kappa shape index (κ1) is 18.1. The van der Waals surface area contributed by atoms with E-state index in [-0.39, 0.29) is 0 Å². The maximum absolute atomic E-state index is 5.52. The van der Waals surface area contributed by atoms with E-state index in [0.717, 1.165) is 44.9 Å². The fourth-order valence-corrected chi connectivity index (χ4v) is 3.35. The van der Waals surface area contributed by atoms with E-state index in [1.54, 1.807) is 0 Å². The number of rotatable bonds is 7. The third kappa shape index (κ3) is 5.38. The molecule has 0 aromatic carbocycles. The zero-order valence-electron chi connectivity index (χ0n) is 15.6. The van der Waals surface area contributed by atoms with Crippen molar-refractivity contribution in [3.05, 3.63) is 41.2 Å². The number of aromatic nitrogens is 1. The van der Waals surface area contributed by atoms with E-state index in [9.17, 15) is 0 Å². The summed E-state index contributed by atoms with van der Waals surface area (Å²) in [6.45, 7) is 9.44. The molecule has 0 aliphatic carbocycles. The molecule has 0 atom stereocenters. The second-order valence-corrected chi connectivity index (χ2v) is 6.96. The SMILES string of the molecule is Cc1ccnc(CCC2=NCCO2)c1CC=CCN1CCN(C)CC1. The lowest BCUT2D eigenvalue weighted by Crippen LogP contribution is -2.44. The summed E-state index contributed by atoms with van der Waals surface area (Å²) in [7, 11) is 2.20. The van der Waals surface area contributed by atoms with E-state index in [1.807, 2.05) is 6.20 Å². The van der Waals surface area contributed by atoms with Crippen molar-refractivity contribution in [3.8, 4) is 0 Å². The van der Waals surface area contributed by atoms with Crippen LogP contribution in [0, 0.1) is 6.92 Å². The van der Waals surface area contributed by atoms with Crippen LogP contribution < -0.4 is 0 Å². The second-order valence-electron chi connectivity index (χ2n) is 6.96. The number of allylic oxidation sites excluding steroid dienone is 1. The normalized spacial score (nSPS) is 19.4. The van der Waals surface area contributed by atoms with Crippen molar-refractivity contribution in [2.75, 3.05) is 52.9 Å². The Labute approximate surface area is 151 Å². The molecule has 0 saturated carbocycles. The molecule has 3 rings (SSSR count). The van der Waals surface area contributed by atoms with Gasteiger partial charge in [0, 0.05) is 51.0 Å². The molecule has 5 nitrogen and oxygen atoms in total. The highest BCUT2D eigenvalue weighted by Crippen LogP contribution is 2.16. The van der Waals surface area contributed by atoms with Crippen LogP contribution in [0.5, 0.6) is 0 Å². The standard InChI is InChI=1S/C20H30N4O/c1-17-8-9-21-19(6-7-20-22-10-16-25-20)18(17)5-3-4-11-24-14-12-23(2)13-15-24/h3-4,8-9H,5-7,10-16H2,1-2H3. The van der Waals surface area contributed by atoms with Crippen molar-refractivity contribution >= 4 is 5.90 Å². The monoisotopic (exact) mass is 342 g/mol. The summed E-state index contributed by atoms with van der Waals surface area (Å²) in [6.07, 6.45) is 9.24. The van der Waals surface area contributed by atoms with E-state index < -0.39 is 0 Å². The number of piperazine rings is 1. The molecule has 0 spiro atoms. The molecule has 2 aliphatic rings. The first-order valence-electron chi connectivity index (χ1n) is 9.38. The van der Waals surface area contributed by atoms with Crippen molar-refractivity contribution in [3.63, 3.8) is 0 Å². The van der Waals surface area contributed by atoms with Gasteiger partial charge >= 0.3 is 0 Å². The van der Waals surface area contributed by atoms with Crippen LogP contribution >= 0.6 is 0 Å². The van der Waals surface area contributed by atoms with Crippen LogP contribution in [0.4, 0.5) is 0 Å². The number of hydrogen-bond acceptors (Lipinski definition) is 5. The van der Waals surface area contributed by atoms with Crippen molar-refractivity contribution in [1.29, 1.82) is 0 Å². The van der Waals surface area contributed by atoms with Gasteiger partial charge in [-0.15, -0.1) is 0 Å². The van der Waals surface area contributed by atoms with E-state index >= 15 is 0 Å². The summed E-state index contributed by atoms with van der Waals surface area (Å²) in [5.41, 5.74) is 3.86. The lowest BCUT2D eigenvalue weighted by molar-refractivity contribution is 0.166. The minimum atomic E-state index is 0.735. The first-order valence-corrected chi connectivity index (χ1v) is 9.38. The van der Waals surface area contributed by atoms with E-state index in [0.29, 0.717) is 0 Å². The zero-order valence-corrected chi connectivity index (χ0v) is 15.6. The van der Waals surface area contributed by atoms with Gasteiger partial charge in [0.2, 0.25) is 0 Å². The van der Waals surface area contributed by atoms with Gasteiger partial charge in [0.05, 0.1) is 6.54 Å². The molecule has 0 unspecified atom stereocenters. The summed E-state index contributed by atoms with van der Waals surface area (Å²) in [5.74, 6) is 0.889. The van der Waals surface area contributed by atoms with E-state index in [2.05, 4.69) is 52.0 Å². The molecule has 3 heterocycles. The number of pyridine rings is 1. The molecule has 0 bridgehead atoms. The Morgan fingerprint density at radius 1 is 1.16 bits per heavy atom. The van der Waals surface area contributed by atoms with Crippen molar-refractivity contribution in [2.45, 2.75) is 26.2 Å². The molecule has 2 aliphatic heterocycles. The lowest BCUT2D eigenvalue weighted by Gasteiger charge is -2.31. The number of hydrogen-bond donors (Lipinski definition) is 0. The molecule has 1 saturated heterocycles. The van der Waals surface area contributed by atoms with Gasteiger partial charge in [-0.25, -0.2) is 0 Å². The predicted molar refractivity (Wildman–Crippen MR) is 102 cm³/mol. The lowest BCUT2D eigenvalue weighted by atomic mass is 10.0. The minimum Gasteiger partial charge on any atom is -0.479 e. The molecule has 5 heteroatoms. The number of nitrogens with zero attached hydrogens (tertiary/aromatic N) is 4. The molecule has 136 valence electrons. The molecular weight excluding hydrogens is 312 g/mol. The molecule has 1 aromatic heterocycles. The van der Waals surface area contributed by atoms with Crippen molar-refractivity contribution < 1.29 is 4.74 Å². The van der Waals surface area contributed by atoms with E-state index in [1.165, 1.54) is 43.0 Å². The molecule has 0 radical (unpaired) electrons. The molecule has 25 heavy (non-hydrogen) atoms. The smallest absolute Gasteiger partial charge is 0.183 e. The largest absolute Gasteiger partial charge is 0.479 e. The predicted octanol–water partition coefficient (Wildman–Crippen LogP) is 2.10. The number of ether oxygens (including phenoxy) is 1. The highest BCUT2D eigenvalue weighted by atomic mass is 16.5. The first-order chi connectivity index (χ1) is 12.2. The summed E-state index contributed by atoms with van der Waals surface area (Å²) in [5, 5.41) is 0. The quantitative estimate of drug-likeness (QED) is 0.712. The van der Waals surface area contributed by atoms with Gasteiger partial charge in [0.25, 0.3) is 0 Å². The highest BCUT2D eigenvalue weighted by molar-refractivity contribution is 5.77. The number of aryl methyl sites for hydroxylation is 2. The zero-order chi connectivity index (χ0) is 17.5. The molecule has 0 N–H and O–H groups in total. The number of aliphatic imine (C=N–C) groups is 1. The van der Waals surface area contributed by atoms with Crippen LogP contribution in [0.15, 0.2) is 29.4 Å². The Hall–Kier alpha value is -1.72. The van der Waals surface area contributed by atoms with Crippen LogP contribution in [0.25, 0.3) is 0 Å². The van der Waals surface area contributed by atoms with Crippen molar-refractivity contribution in [2.24, 2.45) is 4.99 Å². The van der Waals surface area contributed by atoms with Gasteiger partial charge in [-0.1, -0.05) is 12.2 Å². The Bertz CT molecular complexity index is 618. The second kappa shape index (κ2) is 9.11. The van der Waals surface area contributed by atoms with Crippen LogP contribution in [0.1, 0.15) is 23.2 Å². The third-order valence-corrected chi connectivity index (χ3v) is 5.05. The average molecular weight is 342 g/mol. The van der Waals surface area contributed by atoms with E-state index in [4.69, 9.17) is 4.74 Å². The number of likely N-dealkylation sites (N-methyl/N-ethyl adjacent to an activating group) is 1. The average Bonchev–Trinajstić information content (AvgIpc) is 3.13. The maximum Gasteiger partial charge on any atom is 0.183 e. The van der Waals surface area contributed by atoms with Crippen LogP contribution in [-0.2, 0) is 17.6 Å². The molecule has 1 aromatic rings. The summed E-state index contributed by atoms with van der Waals surface area (Å²) >= 11 is 0. The van der Waals surface area contributed by atoms with Crippen LogP contribution in [0.3, 0.4) is 0 Å². The van der Waals surface area contributed by atoms with Gasteiger partial charge < -0.3 is 9.64 Å². The van der Waals surface area contributed by atoms with Crippen LogP contribution in [-0.4, -0.2) is 73.6 Å². The molecular formula is C20H30N4O. The Morgan fingerprint density at radius 2 is 2.00 bits per heavy atom. The van der Waals surface area contributed by atoms with Gasteiger partial charge in [-0.2, -0.15) is 0 Å². The fraction of sp³-hybridized carbons (Fsp3) is 0.600. The van der Waals surface area contributed by atoms with Crippen molar-refractivity contribution in [1.82, 2.24) is 14.8 Å². The minimum absolute atomic E-state index is 0.735. The molecule has 0 amide bonds. The maximum atomic E-state index is 5.52. The Balaban J connectivity index is 1.52. The summed E-state index contributed by atoms with van der Waals surface area (Å²) in [6, 6.07) is 2.11. The molecule has 1 fully saturated rings. The summed E-state index contributed by atoms with van der Waals surface area (Å²) < 4.78 is 5.52. The van der Waals surface area contributed by atoms with Crippen LogP contribution in [0.2, 0.25) is 0 Å². The highest BCUT2D eigenvalue weighted by Gasteiger charge is 2.13. The fourth-order valence-electron chi connectivity index (χ4n) is 3.35. The topological polar surface area (TPSA) is 41.0 Å². The van der Waals surface area contributed by atoms with Gasteiger partial charge in [-0.3, -0.25) is 14.9 Å². The van der Waals surface area contributed by atoms with Gasteiger partial charge in [-0.05, 0) is 44.0 Å². The third-order valence-electron chi connectivity index (χ3n) is 5.05. The summed E-state index contributed by atoms with van der Waals surface area (Å²) in [4.78, 5) is 13.9. The van der Waals surface area contributed by atoms with Gasteiger partial charge in [0.1, 0.15) is 6.61 Å². The Morgan fingerprint density at radius 3 is 2.76 bits per heavy atom. The Kier molecular flexibility index (Phi) is 6.59. The van der Waals surface area contributed by atoms with Gasteiger partial charge in [0.15, 0.2) is 5.90 Å².